The van der Waals surface area contributed by atoms with Crippen LogP contribution >= 0.6 is 0 Å². The lowest BCUT2D eigenvalue weighted by Crippen LogP contribution is -2.15. The number of aromatic nitrogens is 4. The molecule has 0 aliphatic heterocycles. The normalized spacial score (nSPS) is 12.6. The third kappa shape index (κ3) is 6.94. The maximum atomic E-state index is 11.8. The van der Waals surface area contributed by atoms with Crippen molar-refractivity contribution in [3.8, 4) is 56.3 Å². The van der Waals surface area contributed by atoms with E-state index in [9.17, 15) is 5.11 Å². The van der Waals surface area contributed by atoms with E-state index in [1.807, 2.05) is 42.6 Å². The van der Waals surface area contributed by atoms with Gasteiger partial charge in [0, 0.05) is 55.7 Å². The summed E-state index contributed by atoms with van der Waals surface area (Å²) < 4.78 is 8.88. The van der Waals surface area contributed by atoms with Crippen LogP contribution in [0.2, 0.25) is 0 Å². The Hall–Kier alpha value is -7.05. The first-order chi connectivity index (χ1) is 30.0. The number of furan rings is 1. The predicted molar refractivity (Wildman–Crippen MR) is 261 cm³/mol. The number of imidazole rings is 1. The number of nitrogens with zero attached hydrogens (tertiary/aromatic N) is 4. The van der Waals surface area contributed by atoms with Gasteiger partial charge in [0.25, 0.3) is 0 Å². The minimum atomic E-state index is -0.302. The van der Waals surface area contributed by atoms with E-state index in [0.717, 1.165) is 89.0 Å². The monoisotopic (exact) mass is 824 g/mol. The number of para-hydroxylation sites is 2. The zero-order valence-electron chi connectivity index (χ0n) is 37.5. The Morgan fingerprint density at radius 2 is 1.29 bits per heavy atom. The second kappa shape index (κ2) is 14.5. The second-order valence-corrected chi connectivity index (χ2v) is 20.0. The molecule has 4 aromatic heterocycles. The Kier molecular flexibility index (Phi) is 9.23. The lowest BCUT2D eigenvalue weighted by molar-refractivity contribution is 0.477. The molecule has 6 nitrogen and oxygen atoms in total. The van der Waals surface area contributed by atoms with Crippen molar-refractivity contribution in [1.82, 2.24) is 19.5 Å². The molecule has 0 fully saturated rings. The molecule has 10 aromatic rings. The lowest BCUT2D eigenvalue weighted by atomic mass is 9.84. The molecule has 0 spiro atoms. The highest BCUT2D eigenvalue weighted by Crippen LogP contribution is 2.46. The Morgan fingerprint density at radius 1 is 0.540 bits per heavy atom. The minimum Gasteiger partial charge on any atom is -0.507 e. The SMILES string of the molecule is CC(C)(C)c1ccc(-n2c(-c3cc(-c4cc(C(C)(C)C)cc5cccnc45)nc(C(C)(C)C)c3)nc3c(-c4c(O)ccc5c4oc4ccccc45)cccc32)c(-c2ccccc2)c1. The predicted octanol–water partition coefficient (Wildman–Crippen LogP) is 15.1. The van der Waals surface area contributed by atoms with Gasteiger partial charge < -0.3 is 9.52 Å². The van der Waals surface area contributed by atoms with Crippen LogP contribution in [0.5, 0.6) is 5.75 Å². The van der Waals surface area contributed by atoms with Crippen LogP contribution in [0.4, 0.5) is 0 Å². The van der Waals surface area contributed by atoms with Crippen LogP contribution in [0, 0.1) is 0 Å². The quantitative estimate of drug-likeness (QED) is 0.187. The van der Waals surface area contributed by atoms with Gasteiger partial charge >= 0.3 is 0 Å². The highest BCUT2D eigenvalue weighted by atomic mass is 16.3. The fourth-order valence-electron chi connectivity index (χ4n) is 8.83. The second-order valence-electron chi connectivity index (χ2n) is 20.0. The van der Waals surface area contributed by atoms with Crippen molar-refractivity contribution < 1.29 is 9.52 Å². The van der Waals surface area contributed by atoms with Gasteiger partial charge in [-0.15, -0.1) is 0 Å². The van der Waals surface area contributed by atoms with Crippen molar-refractivity contribution in [3.05, 3.63) is 163 Å². The summed E-state index contributed by atoms with van der Waals surface area (Å²) in [5, 5.41) is 14.8. The number of phenolic OH excluding ortho intramolecular Hbond substituents is 1. The van der Waals surface area contributed by atoms with Crippen molar-refractivity contribution in [1.29, 1.82) is 0 Å². The van der Waals surface area contributed by atoms with Crippen molar-refractivity contribution in [2.75, 3.05) is 0 Å². The van der Waals surface area contributed by atoms with E-state index in [-0.39, 0.29) is 22.0 Å². The van der Waals surface area contributed by atoms with E-state index < -0.39 is 0 Å². The first-order valence-electron chi connectivity index (χ1n) is 21.8. The molecule has 0 saturated carbocycles. The van der Waals surface area contributed by atoms with Crippen LogP contribution < -0.4 is 0 Å². The maximum absolute atomic E-state index is 11.8. The van der Waals surface area contributed by atoms with E-state index in [0.29, 0.717) is 11.1 Å². The van der Waals surface area contributed by atoms with E-state index in [2.05, 4.69) is 164 Å². The molecule has 4 heterocycles. The number of hydrogen-bond acceptors (Lipinski definition) is 5. The Morgan fingerprint density at radius 3 is 2.05 bits per heavy atom. The zero-order valence-corrected chi connectivity index (χ0v) is 37.5. The average molecular weight is 825 g/mol. The summed E-state index contributed by atoms with van der Waals surface area (Å²) in [7, 11) is 0. The number of aromatic hydroxyl groups is 1. The molecule has 0 amide bonds. The number of fused-ring (bicyclic) bond motifs is 5. The topological polar surface area (TPSA) is 77.0 Å². The summed E-state index contributed by atoms with van der Waals surface area (Å²) in [5.74, 6) is 0.886. The first kappa shape index (κ1) is 40.0. The molecule has 0 radical (unpaired) electrons. The van der Waals surface area contributed by atoms with Crippen LogP contribution in [0.25, 0.3) is 94.5 Å². The van der Waals surface area contributed by atoms with Gasteiger partial charge in [-0.3, -0.25) is 14.5 Å². The Labute approximate surface area is 368 Å². The standard InChI is InChI=1S/C57H52N4O2/c1-55(2,3)37-24-26-45(42(32-37)34-17-11-10-12-18-34)61-46-22-15-21-41(50-47(62)27-25-40-39-20-13-14-23-48(39)63-53(40)50)52(46)60-54(61)36-30-44(59-49(31-36)57(7,8)9)43-33-38(56(4,5)6)29-35-19-16-28-58-51(35)43/h10-33,62H,1-9H3. The zero-order chi connectivity index (χ0) is 44.0. The fraction of sp³-hybridized carbons (Fsp3) is 0.211. The molecule has 10 rings (SSSR count). The summed E-state index contributed by atoms with van der Waals surface area (Å²) in [5.41, 5.74) is 14.1. The molecule has 0 bridgehead atoms. The first-order valence-corrected chi connectivity index (χ1v) is 21.8. The van der Waals surface area contributed by atoms with E-state index in [4.69, 9.17) is 19.4 Å². The van der Waals surface area contributed by atoms with E-state index in [1.165, 1.54) is 11.1 Å². The molecule has 312 valence electrons. The maximum Gasteiger partial charge on any atom is 0.147 e. The van der Waals surface area contributed by atoms with Crippen LogP contribution in [0.15, 0.2) is 150 Å². The molecule has 63 heavy (non-hydrogen) atoms. The summed E-state index contributed by atoms with van der Waals surface area (Å²) in [6.45, 7) is 20.1. The highest BCUT2D eigenvalue weighted by Gasteiger charge is 2.28. The largest absolute Gasteiger partial charge is 0.507 e. The summed E-state index contributed by atoms with van der Waals surface area (Å²) >= 11 is 0. The highest BCUT2D eigenvalue weighted by molar-refractivity contribution is 6.13. The van der Waals surface area contributed by atoms with Crippen LogP contribution in [-0.4, -0.2) is 24.6 Å². The van der Waals surface area contributed by atoms with Gasteiger partial charge in [-0.05, 0) is 94.3 Å². The van der Waals surface area contributed by atoms with Crippen molar-refractivity contribution in [2.24, 2.45) is 0 Å². The molecule has 0 aliphatic rings. The molecule has 6 heteroatoms. The summed E-state index contributed by atoms with van der Waals surface area (Å²) in [6.07, 6.45) is 1.86. The van der Waals surface area contributed by atoms with Crippen LogP contribution in [0.1, 0.15) is 79.1 Å². The molecule has 1 N–H and O–H groups in total. The van der Waals surface area contributed by atoms with Gasteiger partial charge in [0.2, 0.25) is 0 Å². The van der Waals surface area contributed by atoms with E-state index >= 15 is 0 Å². The molecular formula is C57H52N4O2. The Balaban J connectivity index is 1.33. The molecule has 0 saturated heterocycles. The number of phenols is 1. The van der Waals surface area contributed by atoms with Gasteiger partial charge in [-0.1, -0.05) is 135 Å². The minimum absolute atomic E-state index is 0.0854. The lowest BCUT2D eigenvalue weighted by Gasteiger charge is -2.24. The molecule has 0 aliphatic carbocycles. The number of rotatable bonds is 5. The fourth-order valence-corrected chi connectivity index (χ4v) is 8.83. The smallest absolute Gasteiger partial charge is 0.147 e. The van der Waals surface area contributed by atoms with Crippen molar-refractivity contribution >= 4 is 43.9 Å². The van der Waals surface area contributed by atoms with E-state index in [1.54, 1.807) is 6.07 Å². The van der Waals surface area contributed by atoms with Gasteiger partial charge in [0.15, 0.2) is 0 Å². The summed E-state index contributed by atoms with van der Waals surface area (Å²) in [6, 6.07) is 48.4. The molecular weight excluding hydrogens is 773 g/mol. The van der Waals surface area contributed by atoms with Crippen LogP contribution in [0.3, 0.4) is 0 Å². The van der Waals surface area contributed by atoms with Gasteiger partial charge in [0.1, 0.15) is 22.7 Å². The Bertz CT molecular complexity index is 3410. The van der Waals surface area contributed by atoms with Crippen LogP contribution in [-0.2, 0) is 16.2 Å². The number of hydrogen-bond donors (Lipinski definition) is 1. The molecule has 0 atom stereocenters. The third-order valence-corrected chi connectivity index (χ3v) is 12.4. The van der Waals surface area contributed by atoms with Gasteiger partial charge in [-0.25, -0.2) is 4.98 Å². The van der Waals surface area contributed by atoms with Crippen molar-refractivity contribution in [2.45, 2.75) is 78.6 Å². The third-order valence-electron chi connectivity index (χ3n) is 12.4. The average Bonchev–Trinajstić information content (AvgIpc) is 3.84. The van der Waals surface area contributed by atoms with Gasteiger partial charge in [-0.2, -0.15) is 0 Å². The number of benzene rings is 6. The molecule has 0 unspecified atom stereocenters. The van der Waals surface area contributed by atoms with Gasteiger partial charge in [0.05, 0.1) is 33.5 Å². The number of pyridine rings is 2. The molecule has 6 aromatic carbocycles. The van der Waals surface area contributed by atoms with Crippen molar-refractivity contribution in [3.63, 3.8) is 0 Å². The summed E-state index contributed by atoms with van der Waals surface area (Å²) in [4.78, 5) is 16.1.